The van der Waals surface area contributed by atoms with Crippen molar-refractivity contribution in [1.29, 1.82) is 0 Å². The van der Waals surface area contributed by atoms with Gasteiger partial charge in [0.05, 0.1) is 24.3 Å². The molecule has 5 nitrogen and oxygen atoms in total. The lowest BCUT2D eigenvalue weighted by atomic mass is 10.4. The number of hydrogen-bond acceptors (Lipinski definition) is 3. The molecule has 0 atom stereocenters. The van der Waals surface area contributed by atoms with Crippen LogP contribution in [0, 0.1) is 0 Å². The Labute approximate surface area is 111 Å². The van der Waals surface area contributed by atoms with Gasteiger partial charge >= 0.3 is 0 Å². The third-order valence-corrected chi connectivity index (χ3v) is 3.00. The van der Waals surface area contributed by atoms with Crippen LogP contribution in [0.1, 0.15) is 18.3 Å². The highest BCUT2D eigenvalue weighted by Gasteiger charge is 2.03. The number of nitrogens with one attached hydrogen (secondary N) is 1. The monoisotopic (exact) mass is 255 g/mol. The maximum atomic E-state index is 4.58. The standard InChI is InChI=1S/C14H17N5/c1-2-15-7-12-8-18(11-16-12)9-13-10-19-6-4-3-5-14(19)17-13/h3-6,8,10-11,15H,2,7,9H2,1H3. The van der Waals surface area contributed by atoms with Crippen LogP contribution >= 0.6 is 0 Å². The van der Waals surface area contributed by atoms with Crippen LogP contribution in [0.15, 0.2) is 43.1 Å². The van der Waals surface area contributed by atoms with Gasteiger partial charge in [0.2, 0.25) is 0 Å². The quantitative estimate of drug-likeness (QED) is 0.754. The molecule has 3 heterocycles. The fourth-order valence-electron chi connectivity index (χ4n) is 2.09. The molecule has 0 spiro atoms. The van der Waals surface area contributed by atoms with Crippen molar-refractivity contribution in [1.82, 2.24) is 24.3 Å². The Morgan fingerprint density at radius 2 is 2.16 bits per heavy atom. The molecule has 0 unspecified atom stereocenters. The first kappa shape index (κ1) is 11.9. The molecule has 3 aromatic rings. The highest BCUT2D eigenvalue weighted by Crippen LogP contribution is 2.07. The van der Waals surface area contributed by atoms with Gasteiger partial charge in [0.1, 0.15) is 5.65 Å². The summed E-state index contributed by atoms with van der Waals surface area (Å²) in [5, 5.41) is 3.27. The summed E-state index contributed by atoms with van der Waals surface area (Å²) in [5.41, 5.74) is 3.08. The van der Waals surface area contributed by atoms with Gasteiger partial charge in [-0.25, -0.2) is 9.97 Å². The van der Waals surface area contributed by atoms with E-state index in [4.69, 9.17) is 0 Å². The summed E-state index contributed by atoms with van der Waals surface area (Å²) in [6, 6.07) is 6.01. The largest absolute Gasteiger partial charge is 0.331 e. The topological polar surface area (TPSA) is 47.2 Å². The summed E-state index contributed by atoms with van der Waals surface area (Å²) in [6.45, 7) is 4.61. The van der Waals surface area contributed by atoms with E-state index in [9.17, 15) is 0 Å². The number of rotatable bonds is 5. The lowest BCUT2D eigenvalue weighted by Crippen LogP contribution is -2.11. The molecule has 98 valence electrons. The summed E-state index contributed by atoms with van der Waals surface area (Å²) >= 11 is 0. The van der Waals surface area contributed by atoms with E-state index in [1.165, 1.54) is 0 Å². The summed E-state index contributed by atoms with van der Waals surface area (Å²) < 4.78 is 4.10. The number of nitrogens with zero attached hydrogens (tertiary/aromatic N) is 4. The molecule has 0 aliphatic carbocycles. The lowest BCUT2D eigenvalue weighted by Gasteiger charge is -1.97. The number of hydrogen-bond donors (Lipinski definition) is 1. The number of aromatic nitrogens is 4. The lowest BCUT2D eigenvalue weighted by molar-refractivity contribution is 0.711. The second-order valence-corrected chi connectivity index (χ2v) is 4.52. The zero-order valence-electron chi connectivity index (χ0n) is 11.0. The normalized spacial score (nSPS) is 11.2. The summed E-state index contributed by atoms with van der Waals surface area (Å²) in [5.74, 6) is 0. The van der Waals surface area contributed by atoms with Gasteiger partial charge in [-0.15, -0.1) is 0 Å². The Morgan fingerprint density at radius 1 is 1.21 bits per heavy atom. The summed E-state index contributed by atoms with van der Waals surface area (Å²) in [7, 11) is 0. The first-order chi connectivity index (χ1) is 9.35. The molecular weight excluding hydrogens is 238 g/mol. The Hall–Kier alpha value is -2.14. The van der Waals surface area contributed by atoms with Crippen molar-refractivity contribution >= 4 is 5.65 Å². The third kappa shape index (κ3) is 2.66. The van der Waals surface area contributed by atoms with Gasteiger partial charge in [0.15, 0.2) is 0 Å². The Morgan fingerprint density at radius 3 is 3.00 bits per heavy atom. The third-order valence-electron chi connectivity index (χ3n) is 3.00. The predicted octanol–water partition coefficient (Wildman–Crippen LogP) is 1.69. The van der Waals surface area contributed by atoms with Crippen LogP contribution in [0.4, 0.5) is 0 Å². The van der Waals surface area contributed by atoms with Crippen LogP contribution in [0.3, 0.4) is 0 Å². The molecular formula is C14H17N5. The molecule has 0 saturated heterocycles. The SMILES string of the molecule is CCNCc1cn(Cc2cn3ccccc3n2)cn1. The van der Waals surface area contributed by atoms with Crippen molar-refractivity contribution in [3.05, 3.63) is 54.5 Å². The maximum Gasteiger partial charge on any atom is 0.137 e. The first-order valence-corrected chi connectivity index (χ1v) is 6.49. The minimum Gasteiger partial charge on any atom is -0.331 e. The average Bonchev–Trinajstić information content (AvgIpc) is 3.02. The van der Waals surface area contributed by atoms with Crippen LogP contribution in [0.25, 0.3) is 5.65 Å². The zero-order valence-corrected chi connectivity index (χ0v) is 11.0. The fraction of sp³-hybridized carbons (Fsp3) is 0.286. The highest BCUT2D eigenvalue weighted by atomic mass is 15.1. The smallest absolute Gasteiger partial charge is 0.137 e. The van der Waals surface area contributed by atoms with Crippen LogP contribution in [0.2, 0.25) is 0 Å². The van der Waals surface area contributed by atoms with Crippen molar-refractivity contribution in [2.45, 2.75) is 20.0 Å². The molecule has 0 fully saturated rings. The van der Waals surface area contributed by atoms with E-state index in [-0.39, 0.29) is 0 Å². The van der Waals surface area contributed by atoms with Gasteiger partial charge < -0.3 is 14.3 Å². The van der Waals surface area contributed by atoms with Crippen LogP contribution in [-0.4, -0.2) is 25.5 Å². The van der Waals surface area contributed by atoms with E-state index in [2.05, 4.69) is 39.2 Å². The first-order valence-electron chi connectivity index (χ1n) is 6.49. The number of imidazole rings is 2. The van der Waals surface area contributed by atoms with Gasteiger partial charge in [0.25, 0.3) is 0 Å². The second kappa shape index (κ2) is 5.24. The van der Waals surface area contributed by atoms with Gasteiger partial charge in [-0.05, 0) is 18.7 Å². The number of fused-ring (bicyclic) bond motifs is 1. The molecule has 0 aromatic carbocycles. The predicted molar refractivity (Wildman–Crippen MR) is 73.9 cm³/mol. The Balaban J connectivity index is 1.75. The molecule has 0 aliphatic rings. The van der Waals surface area contributed by atoms with Crippen LogP contribution < -0.4 is 5.32 Å². The second-order valence-electron chi connectivity index (χ2n) is 4.52. The van der Waals surface area contributed by atoms with Gasteiger partial charge in [-0.1, -0.05) is 13.0 Å². The molecule has 0 saturated carbocycles. The van der Waals surface area contributed by atoms with E-state index < -0.39 is 0 Å². The molecule has 0 radical (unpaired) electrons. The van der Waals surface area contributed by atoms with Gasteiger partial charge in [0, 0.05) is 25.1 Å². The molecule has 0 amide bonds. The van der Waals surface area contributed by atoms with Crippen LogP contribution in [-0.2, 0) is 13.1 Å². The van der Waals surface area contributed by atoms with E-state index in [0.29, 0.717) is 0 Å². The van der Waals surface area contributed by atoms with Crippen molar-refractivity contribution in [3.8, 4) is 0 Å². The Bertz CT molecular complexity index is 634. The van der Waals surface area contributed by atoms with Gasteiger partial charge in [-0.2, -0.15) is 0 Å². The number of pyridine rings is 1. The van der Waals surface area contributed by atoms with Crippen molar-refractivity contribution in [2.24, 2.45) is 0 Å². The molecule has 1 N–H and O–H groups in total. The van der Waals surface area contributed by atoms with Crippen molar-refractivity contribution in [3.63, 3.8) is 0 Å². The van der Waals surface area contributed by atoms with E-state index >= 15 is 0 Å². The minimum atomic E-state index is 0.751. The molecule has 0 bridgehead atoms. The van der Waals surface area contributed by atoms with E-state index in [1.807, 2.05) is 35.1 Å². The van der Waals surface area contributed by atoms with E-state index in [0.717, 1.165) is 36.7 Å². The Kier molecular flexibility index (Phi) is 3.29. The minimum absolute atomic E-state index is 0.751. The molecule has 5 heteroatoms. The van der Waals surface area contributed by atoms with Crippen LogP contribution in [0.5, 0.6) is 0 Å². The average molecular weight is 255 g/mol. The molecule has 0 aliphatic heterocycles. The van der Waals surface area contributed by atoms with Crippen molar-refractivity contribution < 1.29 is 0 Å². The highest BCUT2D eigenvalue weighted by molar-refractivity contribution is 5.39. The molecule has 3 rings (SSSR count). The maximum absolute atomic E-state index is 4.58. The zero-order chi connectivity index (χ0) is 13.1. The molecule has 19 heavy (non-hydrogen) atoms. The summed E-state index contributed by atoms with van der Waals surface area (Å²) in [4.78, 5) is 8.95. The fourth-order valence-corrected chi connectivity index (χ4v) is 2.09. The van der Waals surface area contributed by atoms with Crippen molar-refractivity contribution in [2.75, 3.05) is 6.54 Å². The van der Waals surface area contributed by atoms with E-state index in [1.54, 1.807) is 0 Å². The van der Waals surface area contributed by atoms with Gasteiger partial charge in [-0.3, -0.25) is 0 Å². The summed E-state index contributed by atoms with van der Waals surface area (Å²) in [6.07, 6.45) is 7.99. The molecule has 3 aromatic heterocycles.